The van der Waals surface area contributed by atoms with Crippen LogP contribution in [0.5, 0.6) is 0 Å². The van der Waals surface area contributed by atoms with Gasteiger partial charge in [-0.2, -0.15) is 0 Å². The highest BCUT2D eigenvalue weighted by Gasteiger charge is 2.18. The second kappa shape index (κ2) is 4.41. The Balaban J connectivity index is 3.00. The van der Waals surface area contributed by atoms with Gasteiger partial charge in [-0.15, -0.1) is 0 Å². The number of aromatic nitrogens is 4. The van der Waals surface area contributed by atoms with Crippen LogP contribution < -0.4 is 17.0 Å². The first-order valence-electron chi connectivity index (χ1n) is 5.89. The minimum atomic E-state index is -0.355. The quantitative estimate of drug-likeness (QED) is 0.791. The zero-order chi connectivity index (χ0) is 13.4. The fourth-order valence-corrected chi connectivity index (χ4v) is 2.06. The van der Waals surface area contributed by atoms with E-state index in [1.807, 2.05) is 6.92 Å². The molecule has 0 spiro atoms. The molecule has 0 fully saturated rings. The summed E-state index contributed by atoms with van der Waals surface area (Å²) in [6, 6.07) is -0.331. The number of fused-ring (bicyclic) bond motifs is 1. The van der Waals surface area contributed by atoms with Crippen LogP contribution >= 0.6 is 0 Å². The van der Waals surface area contributed by atoms with E-state index in [1.54, 1.807) is 18.5 Å². The first-order valence-corrected chi connectivity index (χ1v) is 5.89. The van der Waals surface area contributed by atoms with Crippen molar-refractivity contribution in [2.24, 2.45) is 12.8 Å². The average Bonchev–Trinajstić information content (AvgIpc) is 2.72. The SMILES string of the molecule is CCn1c(=O)n(C(C)CN)c(=O)c2c1ncn2C. The number of aryl methyl sites for hydroxylation is 2. The third kappa shape index (κ3) is 1.59. The molecule has 0 saturated heterocycles. The van der Waals surface area contributed by atoms with Gasteiger partial charge in [-0.25, -0.2) is 9.78 Å². The second-order valence-electron chi connectivity index (χ2n) is 4.31. The van der Waals surface area contributed by atoms with Gasteiger partial charge in [0.2, 0.25) is 0 Å². The molecule has 2 heterocycles. The molecule has 0 saturated carbocycles. The van der Waals surface area contributed by atoms with Gasteiger partial charge in [0, 0.05) is 20.1 Å². The summed E-state index contributed by atoms with van der Waals surface area (Å²) < 4.78 is 4.32. The van der Waals surface area contributed by atoms with E-state index < -0.39 is 0 Å². The van der Waals surface area contributed by atoms with Gasteiger partial charge in [0.1, 0.15) is 0 Å². The van der Waals surface area contributed by atoms with Crippen LogP contribution in [0.15, 0.2) is 15.9 Å². The number of hydrogen-bond acceptors (Lipinski definition) is 4. The number of rotatable bonds is 3. The van der Waals surface area contributed by atoms with Gasteiger partial charge < -0.3 is 10.3 Å². The van der Waals surface area contributed by atoms with Crippen LogP contribution in [0.1, 0.15) is 19.9 Å². The van der Waals surface area contributed by atoms with Gasteiger partial charge in [-0.3, -0.25) is 13.9 Å². The lowest BCUT2D eigenvalue weighted by molar-refractivity contribution is 0.492. The van der Waals surface area contributed by atoms with Crippen LogP contribution in [0.4, 0.5) is 0 Å². The van der Waals surface area contributed by atoms with Crippen molar-refractivity contribution >= 4 is 11.2 Å². The Bertz CT molecular complexity index is 694. The number of hydrogen-bond donors (Lipinski definition) is 1. The van der Waals surface area contributed by atoms with Crippen molar-refractivity contribution in [1.29, 1.82) is 0 Å². The van der Waals surface area contributed by atoms with Gasteiger partial charge in [-0.05, 0) is 13.8 Å². The zero-order valence-electron chi connectivity index (χ0n) is 10.8. The molecule has 0 aromatic carbocycles. The maximum atomic E-state index is 12.3. The summed E-state index contributed by atoms with van der Waals surface area (Å²) in [6.07, 6.45) is 1.54. The van der Waals surface area contributed by atoms with Crippen molar-refractivity contribution < 1.29 is 0 Å². The van der Waals surface area contributed by atoms with E-state index in [1.165, 1.54) is 15.5 Å². The minimum Gasteiger partial charge on any atom is -0.328 e. The van der Waals surface area contributed by atoms with E-state index >= 15 is 0 Å². The third-order valence-corrected chi connectivity index (χ3v) is 3.13. The summed E-state index contributed by atoms with van der Waals surface area (Å²) >= 11 is 0. The van der Waals surface area contributed by atoms with Crippen molar-refractivity contribution in [3.05, 3.63) is 27.2 Å². The molecule has 2 aromatic rings. The number of nitrogens with two attached hydrogens (primary N) is 1. The molecule has 7 nitrogen and oxygen atoms in total. The lowest BCUT2D eigenvalue weighted by Crippen LogP contribution is -2.43. The molecule has 0 aliphatic rings. The van der Waals surface area contributed by atoms with E-state index in [0.717, 1.165) is 0 Å². The molecule has 2 aromatic heterocycles. The van der Waals surface area contributed by atoms with Crippen LogP contribution in [0.2, 0.25) is 0 Å². The summed E-state index contributed by atoms with van der Waals surface area (Å²) in [7, 11) is 1.73. The van der Waals surface area contributed by atoms with Crippen LogP contribution in [-0.2, 0) is 13.6 Å². The molecule has 2 rings (SSSR count). The molecule has 2 N–H and O–H groups in total. The summed E-state index contributed by atoms with van der Waals surface area (Å²) in [5.41, 5.74) is 5.72. The van der Waals surface area contributed by atoms with Gasteiger partial charge in [-0.1, -0.05) is 0 Å². The van der Waals surface area contributed by atoms with Crippen molar-refractivity contribution in [1.82, 2.24) is 18.7 Å². The monoisotopic (exact) mass is 251 g/mol. The Morgan fingerprint density at radius 1 is 1.44 bits per heavy atom. The molecule has 7 heteroatoms. The van der Waals surface area contributed by atoms with E-state index in [4.69, 9.17) is 5.73 Å². The Morgan fingerprint density at radius 2 is 2.11 bits per heavy atom. The molecule has 0 aliphatic heterocycles. The van der Waals surface area contributed by atoms with E-state index in [-0.39, 0.29) is 23.8 Å². The summed E-state index contributed by atoms with van der Waals surface area (Å²) in [5, 5.41) is 0. The van der Waals surface area contributed by atoms with E-state index in [0.29, 0.717) is 17.7 Å². The maximum Gasteiger partial charge on any atom is 0.333 e. The summed E-state index contributed by atoms with van der Waals surface area (Å²) in [6.45, 7) is 4.30. The van der Waals surface area contributed by atoms with Gasteiger partial charge in [0.05, 0.1) is 12.4 Å². The highest BCUT2D eigenvalue weighted by atomic mass is 16.2. The largest absolute Gasteiger partial charge is 0.333 e. The number of nitrogens with zero attached hydrogens (tertiary/aromatic N) is 4. The minimum absolute atomic E-state index is 0.238. The Morgan fingerprint density at radius 3 is 2.67 bits per heavy atom. The Labute approximate surface area is 103 Å². The predicted octanol–water partition coefficient (Wildman–Crippen LogP) is -0.564. The molecule has 0 amide bonds. The fourth-order valence-electron chi connectivity index (χ4n) is 2.06. The Kier molecular flexibility index (Phi) is 3.08. The topological polar surface area (TPSA) is 87.8 Å². The van der Waals surface area contributed by atoms with Crippen molar-refractivity contribution in [3.63, 3.8) is 0 Å². The summed E-state index contributed by atoms with van der Waals surface area (Å²) in [4.78, 5) is 28.7. The third-order valence-electron chi connectivity index (χ3n) is 3.13. The lowest BCUT2D eigenvalue weighted by Gasteiger charge is -2.14. The first kappa shape index (κ1) is 12.6. The smallest absolute Gasteiger partial charge is 0.328 e. The van der Waals surface area contributed by atoms with Crippen LogP contribution in [0.25, 0.3) is 11.2 Å². The predicted molar refractivity (Wildman–Crippen MR) is 68.7 cm³/mol. The zero-order valence-corrected chi connectivity index (χ0v) is 10.8. The van der Waals surface area contributed by atoms with Gasteiger partial charge >= 0.3 is 5.69 Å². The van der Waals surface area contributed by atoms with Crippen LogP contribution in [-0.4, -0.2) is 25.2 Å². The molecule has 0 aliphatic carbocycles. The maximum absolute atomic E-state index is 12.3. The van der Waals surface area contributed by atoms with Crippen molar-refractivity contribution in [2.75, 3.05) is 6.54 Å². The average molecular weight is 251 g/mol. The normalized spacial score (nSPS) is 13.1. The lowest BCUT2D eigenvalue weighted by atomic mass is 10.3. The Hall–Kier alpha value is -1.89. The highest BCUT2D eigenvalue weighted by Crippen LogP contribution is 2.06. The molecular weight excluding hydrogens is 234 g/mol. The fraction of sp³-hybridized carbons (Fsp3) is 0.545. The molecular formula is C11H17N5O2. The molecule has 1 unspecified atom stereocenters. The first-order chi connectivity index (χ1) is 8.52. The van der Waals surface area contributed by atoms with Crippen molar-refractivity contribution in [3.8, 4) is 0 Å². The molecule has 98 valence electrons. The molecule has 0 bridgehead atoms. The van der Waals surface area contributed by atoms with Crippen LogP contribution in [0.3, 0.4) is 0 Å². The standard InChI is InChI=1S/C11H17N5O2/c1-4-15-9-8(14(3)6-13-9)10(17)16(11(15)18)7(2)5-12/h6-7H,4-5,12H2,1-3H3. The molecule has 18 heavy (non-hydrogen) atoms. The highest BCUT2D eigenvalue weighted by molar-refractivity contribution is 5.69. The van der Waals surface area contributed by atoms with E-state index in [2.05, 4.69) is 4.98 Å². The second-order valence-corrected chi connectivity index (χ2v) is 4.31. The van der Waals surface area contributed by atoms with Gasteiger partial charge in [0.15, 0.2) is 11.2 Å². The molecule has 0 radical (unpaired) electrons. The summed E-state index contributed by atoms with van der Waals surface area (Å²) in [5.74, 6) is 0. The molecule has 1 atom stereocenters. The van der Waals surface area contributed by atoms with Crippen LogP contribution in [0, 0.1) is 0 Å². The number of imidazole rings is 1. The van der Waals surface area contributed by atoms with E-state index in [9.17, 15) is 9.59 Å². The van der Waals surface area contributed by atoms with Gasteiger partial charge in [0.25, 0.3) is 5.56 Å². The van der Waals surface area contributed by atoms with Crippen molar-refractivity contribution in [2.45, 2.75) is 26.4 Å².